The van der Waals surface area contributed by atoms with Gasteiger partial charge >= 0.3 is 5.97 Å². The van der Waals surface area contributed by atoms with Crippen molar-refractivity contribution in [2.45, 2.75) is 6.92 Å². The molecule has 8 nitrogen and oxygen atoms in total. The fourth-order valence-corrected chi connectivity index (χ4v) is 2.34. The highest BCUT2D eigenvalue weighted by Crippen LogP contribution is 2.21. The van der Waals surface area contributed by atoms with Gasteiger partial charge in [-0.2, -0.15) is 0 Å². The van der Waals surface area contributed by atoms with Crippen LogP contribution in [0.5, 0.6) is 0 Å². The van der Waals surface area contributed by atoms with Crippen LogP contribution >= 0.6 is 0 Å². The third-order valence-corrected chi connectivity index (χ3v) is 3.79. The molecule has 0 unspecified atom stereocenters. The normalized spacial score (nSPS) is 10.5. The van der Waals surface area contributed by atoms with E-state index >= 15 is 0 Å². The standard InChI is InChI=1S/C18H12F2N4O4/c1-9(25)10-4-5-24(8-10)16-3-2-14(22-23-16)17(26)21-15-7-13(20)12(19)6-11(15)18(27)28/h2-8H,1H3,(H,21,26)(H,27,28). The number of nitrogens with one attached hydrogen (secondary N) is 1. The topological polar surface area (TPSA) is 114 Å². The molecule has 28 heavy (non-hydrogen) atoms. The number of ketones is 1. The monoisotopic (exact) mass is 386 g/mol. The van der Waals surface area contributed by atoms with E-state index < -0.39 is 34.8 Å². The molecule has 0 spiro atoms. The third-order valence-electron chi connectivity index (χ3n) is 3.79. The molecule has 0 radical (unpaired) electrons. The van der Waals surface area contributed by atoms with Gasteiger partial charge < -0.3 is 15.0 Å². The second-order valence-electron chi connectivity index (χ2n) is 5.71. The summed E-state index contributed by atoms with van der Waals surface area (Å²) in [6.45, 7) is 1.42. The number of carboxylic acid groups (broad SMARTS) is 1. The second kappa shape index (κ2) is 7.35. The molecule has 2 aromatic heterocycles. The molecule has 0 fully saturated rings. The van der Waals surface area contributed by atoms with Gasteiger partial charge in [0.05, 0.1) is 11.3 Å². The van der Waals surface area contributed by atoms with Crippen molar-refractivity contribution in [3.63, 3.8) is 0 Å². The van der Waals surface area contributed by atoms with Crippen molar-refractivity contribution in [3.8, 4) is 5.82 Å². The van der Waals surface area contributed by atoms with Gasteiger partial charge in [-0.25, -0.2) is 13.6 Å². The maximum Gasteiger partial charge on any atom is 0.337 e. The number of benzene rings is 1. The lowest BCUT2D eigenvalue weighted by atomic mass is 10.1. The molecule has 0 aliphatic carbocycles. The number of aromatic nitrogens is 3. The van der Waals surface area contributed by atoms with Crippen molar-refractivity contribution in [1.29, 1.82) is 0 Å². The van der Waals surface area contributed by atoms with E-state index in [1.165, 1.54) is 23.6 Å². The quantitative estimate of drug-likeness (QED) is 0.652. The predicted octanol–water partition coefficient (Wildman–Crippen LogP) is 2.70. The number of carbonyl (C=O) groups is 3. The van der Waals surface area contributed by atoms with Gasteiger partial charge in [-0.3, -0.25) is 9.59 Å². The first-order valence-electron chi connectivity index (χ1n) is 7.83. The highest BCUT2D eigenvalue weighted by atomic mass is 19.2. The fraction of sp³-hybridized carbons (Fsp3) is 0.0556. The minimum absolute atomic E-state index is 0.122. The van der Waals surface area contributed by atoms with E-state index in [0.717, 1.165) is 0 Å². The summed E-state index contributed by atoms with van der Waals surface area (Å²) in [5, 5.41) is 18.8. The Labute approximate surface area is 156 Å². The number of Topliss-reactive ketones (excluding diaryl/α,β-unsaturated/α-hetero) is 1. The van der Waals surface area contributed by atoms with E-state index in [2.05, 4.69) is 15.5 Å². The number of carboxylic acids is 1. The lowest BCUT2D eigenvalue weighted by Gasteiger charge is -2.09. The van der Waals surface area contributed by atoms with Crippen LogP contribution in [0.3, 0.4) is 0 Å². The SMILES string of the molecule is CC(=O)c1ccn(-c2ccc(C(=O)Nc3cc(F)c(F)cc3C(=O)O)nn2)c1. The number of carbonyl (C=O) groups excluding carboxylic acids is 2. The number of nitrogens with zero attached hydrogens (tertiary/aromatic N) is 3. The third kappa shape index (κ3) is 3.75. The number of amides is 1. The van der Waals surface area contributed by atoms with Crippen molar-refractivity contribution in [1.82, 2.24) is 14.8 Å². The first-order valence-corrected chi connectivity index (χ1v) is 7.83. The first-order chi connectivity index (χ1) is 13.3. The van der Waals surface area contributed by atoms with Gasteiger partial charge in [0.15, 0.2) is 28.9 Å². The van der Waals surface area contributed by atoms with Crippen LogP contribution < -0.4 is 5.32 Å². The van der Waals surface area contributed by atoms with Gasteiger partial charge in [-0.05, 0) is 31.2 Å². The summed E-state index contributed by atoms with van der Waals surface area (Å²) in [6, 6.07) is 5.41. The molecule has 10 heteroatoms. The maximum absolute atomic E-state index is 13.4. The van der Waals surface area contributed by atoms with E-state index in [4.69, 9.17) is 5.11 Å². The van der Waals surface area contributed by atoms with E-state index in [0.29, 0.717) is 23.5 Å². The molecule has 0 aliphatic heterocycles. The highest BCUT2D eigenvalue weighted by molar-refractivity contribution is 6.06. The first kappa shape index (κ1) is 18.8. The van der Waals surface area contributed by atoms with Crippen molar-refractivity contribution < 1.29 is 28.3 Å². The van der Waals surface area contributed by atoms with Crippen LogP contribution in [0.1, 0.15) is 38.1 Å². The molecule has 0 aliphatic rings. The number of rotatable bonds is 5. The summed E-state index contributed by atoms with van der Waals surface area (Å²) in [5.41, 5.74) is -0.730. The zero-order valence-electron chi connectivity index (χ0n) is 14.3. The van der Waals surface area contributed by atoms with E-state index in [1.807, 2.05) is 0 Å². The van der Waals surface area contributed by atoms with Gasteiger partial charge in [0.25, 0.3) is 5.91 Å². The van der Waals surface area contributed by atoms with Gasteiger partial charge in [-0.15, -0.1) is 10.2 Å². The minimum Gasteiger partial charge on any atom is -0.478 e. The Morgan fingerprint density at radius 3 is 2.36 bits per heavy atom. The lowest BCUT2D eigenvalue weighted by molar-refractivity contribution is 0.0697. The van der Waals surface area contributed by atoms with Gasteiger partial charge in [-0.1, -0.05) is 0 Å². The van der Waals surface area contributed by atoms with Crippen molar-refractivity contribution >= 4 is 23.3 Å². The average molecular weight is 386 g/mol. The molecule has 2 heterocycles. The molecule has 2 N–H and O–H groups in total. The van der Waals surface area contributed by atoms with Crippen LogP contribution in [-0.4, -0.2) is 37.5 Å². The summed E-state index contributed by atoms with van der Waals surface area (Å²) in [6.07, 6.45) is 3.15. The molecule has 0 bridgehead atoms. The van der Waals surface area contributed by atoms with Crippen LogP contribution in [0.25, 0.3) is 5.82 Å². The molecular weight excluding hydrogens is 374 g/mol. The molecule has 1 amide bonds. The summed E-state index contributed by atoms with van der Waals surface area (Å²) in [4.78, 5) is 34.7. The number of anilines is 1. The summed E-state index contributed by atoms with van der Waals surface area (Å²) < 4.78 is 28.2. The number of hydrogen-bond acceptors (Lipinski definition) is 5. The van der Waals surface area contributed by atoms with Gasteiger partial charge in [0.2, 0.25) is 0 Å². The van der Waals surface area contributed by atoms with Crippen LogP contribution in [-0.2, 0) is 0 Å². The van der Waals surface area contributed by atoms with Crippen LogP contribution in [0.15, 0.2) is 42.7 Å². The smallest absolute Gasteiger partial charge is 0.337 e. The van der Waals surface area contributed by atoms with Crippen molar-refractivity contribution in [3.05, 3.63) is 71.2 Å². The molecule has 0 saturated heterocycles. The zero-order valence-corrected chi connectivity index (χ0v) is 14.3. The molecular formula is C18H12F2N4O4. The van der Waals surface area contributed by atoms with E-state index in [9.17, 15) is 23.2 Å². The van der Waals surface area contributed by atoms with Crippen molar-refractivity contribution in [2.75, 3.05) is 5.32 Å². The summed E-state index contributed by atoms with van der Waals surface area (Å²) in [5.74, 6) is -4.84. The Morgan fingerprint density at radius 1 is 1.07 bits per heavy atom. The number of aromatic carboxylic acids is 1. The largest absolute Gasteiger partial charge is 0.478 e. The Morgan fingerprint density at radius 2 is 1.79 bits per heavy atom. The Balaban J connectivity index is 1.83. The lowest BCUT2D eigenvalue weighted by Crippen LogP contribution is -2.17. The average Bonchev–Trinajstić information content (AvgIpc) is 3.15. The molecule has 3 aromatic rings. The molecule has 142 valence electrons. The van der Waals surface area contributed by atoms with E-state index in [1.54, 1.807) is 18.5 Å². The zero-order chi connectivity index (χ0) is 20.4. The van der Waals surface area contributed by atoms with Gasteiger partial charge in [0, 0.05) is 24.0 Å². The predicted molar refractivity (Wildman–Crippen MR) is 92.6 cm³/mol. The number of hydrogen-bond donors (Lipinski definition) is 2. The fourth-order valence-electron chi connectivity index (χ4n) is 2.34. The van der Waals surface area contributed by atoms with Crippen LogP contribution in [0, 0.1) is 11.6 Å². The Bertz CT molecular complexity index is 1090. The maximum atomic E-state index is 13.4. The van der Waals surface area contributed by atoms with Gasteiger partial charge in [0.1, 0.15) is 0 Å². The van der Waals surface area contributed by atoms with Crippen LogP contribution in [0.4, 0.5) is 14.5 Å². The van der Waals surface area contributed by atoms with Crippen LogP contribution in [0.2, 0.25) is 0 Å². The molecule has 0 atom stereocenters. The molecule has 3 rings (SSSR count). The molecule has 0 saturated carbocycles. The van der Waals surface area contributed by atoms with Crippen molar-refractivity contribution in [2.24, 2.45) is 0 Å². The Hall–Kier alpha value is -3.95. The molecule has 1 aromatic carbocycles. The number of halogens is 2. The second-order valence-corrected chi connectivity index (χ2v) is 5.71. The summed E-state index contributed by atoms with van der Waals surface area (Å²) >= 11 is 0. The summed E-state index contributed by atoms with van der Waals surface area (Å²) in [7, 11) is 0. The van der Waals surface area contributed by atoms with E-state index in [-0.39, 0.29) is 11.5 Å². The minimum atomic E-state index is -1.54. The highest BCUT2D eigenvalue weighted by Gasteiger charge is 2.18. The Kier molecular flexibility index (Phi) is 4.94.